The van der Waals surface area contributed by atoms with Crippen molar-refractivity contribution in [3.8, 4) is 0 Å². The van der Waals surface area contributed by atoms with E-state index < -0.39 is 0 Å². The number of carbonyl (C=O) groups is 1. The molecule has 0 atom stereocenters. The Morgan fingerprint density at radius 3 is 2.81 bits per heavy atom. The highest BCUT2D eigenvalue weighted by molar-refractivity contribution is 5.83. The van der Waals surface area contributed by atoms with Crippen molar-refractivity contribution in [2.24, 2.45) is 5.92 Å². The second kappa shape index (κ2) is 9.69. The monoisotopic (exact) mass is 435 g/mol. The second-order valence-corrected chi connectivity index (χ2v) is 9.14. The summed E-state index contributed by atoms with van der Waals surface area (Å²) in [6.45, 7) is 9.61. The van der Waals surface area contributed by atoms with Gasteiger partial charge >= 0.3 is 0 Å². The van der Waals surface area contributed by atoms with E-state index in [9.17, 15) is 9.59 Å². The number of hydrogen-bond donors (Lipinski definition) is 2. The van der Waals surface area contributed by atoms with Gasteiger partial charge in [-0.1, -0.05) is 13.0 Å². The van der Waals surface area contributed by atoms with Crippen molar-refractivity contribution in [1.82, 2.24) is 24.8 Å². The zero-order valence-electron chi connectivity index (χ0n) is 19.3. The van der Waals surface area contributed by atoms with E-state index in [1.807, 2.05) is 25.3 Å². The minimum Gasteiger partial charge on any atom is -0.361 e. The molecule has 0 aliphatic carbocycles. The van der Waals surface area contributed by atoms with Gasteiger partial charge in [-0.2, -0.15) is 0 Å². The molecule has 0 radical (unpaired) electrons. The number of aryl methyl sites for hydroxylation is 2. The smallest absolute Gasteiger partial charge is 0.272 e. The molecule has 1 saturated heterocycles. The molecule has 3 heterocycles. The molecule has 4 rings (SSSR count). The van der Waals surface area contributed by atoms with Gasteiger partial charge in [-0.25, -0.2) is 0 Å². The Kier molecular flexibility index (Phi) is 6.74. The molecule has 32 heavy (non-hydrogen) atoms. The summed E-state index contributed by atoms with van der Waals surface area (Å²) in [6.07, 6.45) is 6.72. The number of H-pyrrole nitrogens is 1. The van der Waals surface area contributed by atoms with Crippen LogP contribution in [0.3, 0.4) is 0 Å². The summed E-state index contributed by atoms with van der Waals surface area (Å²) in [4.78, 5) is 35.6. The van der Waals surface area contributed by atoms with Crippen molar-refractivity contribution in [2.75, 3.05) is 19.6 Å². The Balaban J connectivity index is 1.37. The predicted molar refractivity (Wildman–Crippen MR) is 127 cm³/mol. The number of rotatable bonds is 7. The highest BCUT2D eigenvalue weighted by Gasteiger charge is 2.17. The molecule has 0 saturated carbocycles. The van der Waals surface area contributed by atoms with Crippen LogP contribution < -0.4 is 10.9 Å². The number of likely N-dealkylation sites (tertiary alicyclic amines) is 1. The van der Waals surface area contributed by atoms with Crippen LogP contribution >= 0.6 is 0 Å². The van der Waals surface area contributed by atoms with Gasteiger partial charge in [0.25, 0.3) is 5.56 Å². The molecule has 1 aliphatic heterocycles. The van der Waals surface area contributed by atoms with Crippen LogP contribution in [0.4, 0.5) is 0 Å². The fourth-order valence-corrected chi connectivity index (χ4v) is 4.35. The van der Waals surface area contributed by atoms with Crippen molar-refractivity contribution >= 4 is 16.8 Å². The molecule has 7 nitrogen and oxygen atoms in total. The molecule has 0 bridgehead atoms. The zero-order chi connectivity index (χ0) is 22.7. The molecule has 1 aromatic carbocycles. The quantitative estimate of drug-likeness (QED) is 0.598. The number of aromatic amines is 1. The van der Waals surface area contributed by atoms with Gasteiger partial charge in [0.15, 0.2) is 0 Å². The average Bonchev–Trinajstić information content (AvgIpc) is 3.16. The standard InChI is InChI=1S/C25H33N5O2/c1-17-6-9-29(10-7-17)11-8-23-25(32)30(19(3)14-27-23)16-24(31)28-15-20-4-5-22-21(12-20)18(2)13-26-22/h4-5,12-14,17,26H,6-11,15-16H2,1-3H3,(H,28,31). The molecule has 170 valence electrons. The maximum Gasteiger partial charge on any atom is 0.272 e. The first-order chi connectivity index (χ1) is 15.4. The van der Waals surface area contributed by atoms with Gasteiger partial charge in [0.1, 0.15) is 12.2 Å². The Morgan fingerprint density at radius 1 is 1.25 bits per heavy atom. The van der Waals surface area contributed by atoms with Crippen molar-refractivity contribution in [3.63, 3.8) is 0 Å². The zero-order valence-corrected chi connectivity index (χ0v) is 19.3. The van der Waals surface area contributed by atoms with E-state index in [1.165, 1.54) is 23.0 Å². The fraction of sp³-hybridized carbons (Fsp3) is 0.480. The van der Waals surface area contributed by atoms with Gasteiger partial charge in [-0.15, -0.1) is 0 Å². The summed E-state index contributed by atoms with van der Waals surface area (Å²) in [5.41, 5.74) is 4.38. The van der Waals surface area contributed by atoms with Crippen molar-refractivity contribution in [1.29, 1.82) is 0 Å². The number of piperidine rings is 1. The lowest BCUT2D eigenvalue weighted by molar-refractivity contribution is -0.121. The van der Waals surface area contributed by atoms with E-state index in [0.717, 1.165) is 42.0 Å². The number of benzene rings is 1. The highest BCUT2D eigenvalue weighted by Crippen LogP contribution is 2.19. The van der Waals surface area contributed by atoms with E-state index in [2.05, 4.69) is 40.1 Å². The molecular formula is C25H33N5O2. The molecular weight excluding hydrogens is 402 g/mol. The third kappa shape index (κ3) is 5.10. The third-order valence-electron chi connectivity index (χ3n) is 6.61. The van der Waals surface area contributed by atoms with E-state index in [4.69, 9.17) is 0 Å². The summed E-state index contributed by atoms with van der Waals surface area (Å²) < 4.78 is 1.54. The van der Waals surface area contributed by atoms with Crippen LogP contribution in [0.5, 0.6) is 0 Å². The van der Waals surface area contributed by atoms with Gasteiger partial charge in [0, 0.05) is 48.5 Å². The lowest BCUT2D eigenvalue weighted by atomic mass is 9.99. The highest BCUT2D eigenvalue weighted by atomic mass is 16.2. The van der Waals surface area contributed by atoms with Crippen LogP contribution in [0.2, 0.25) is 0 Å². The maximum absolute atomic E-state index is 13.0. The normalized spacial score (nSPS) is 15.3. The largest absolute Gasteiger partial charge is 0.361 e. The first kappa shape index (κ1) is 22.3. The summed E-state index contributed by atoms with van der Waals surface area (Å²) in [5.74, 6) is 0.608. The predicted octanol–water partition coefficient (Wildman–Crippen LogP) is 2.93. The molecule has 0 unspecified atom stereocenters. The lowest BCUT2D eigenvalue weighted by Gasteiger charge is -2.29. The van der Waals surface area contributed by atoms with E-state index in [0.29, 0.717) is 24.4 Å². The van der Waals surface area contributed by atoms with Gasteiger partial charge in [-0.3, -0.25) is 14.6 Å². The average molecular weight is 436 g/mol. The Hall–Kier alpha value is -2.93. The Bertz CT molecular complexity index is 1150. The number of nitrogens with zero attached hydrogens (tertiary/aromatic N) is 3. The number of amides is 1. The van der Waals surface area contributed by atoms with Crippen LogP contribution in [-0.2, 0) is 24.3 Å². The minimum atomic E-state index is -0.178. The summed E-state index contributed by atoms with van der Waals surface area (Å²) in [6, 6.07) is 6.11. The van der Waals surface area contributed by atoms with Gasteiger partial charge in [-0.05, 0) is 69.0 Å². The lowest BCUT2D eigenvalue weighted by Crippen LogP contribution is -2.37. The van der Waals surface area contributed by atoms with Crippen molar-refractivity contribution < 1.29 is 4.79 Å². The molecule has 1 aliphatic rings. The first-order valence-electron chi connectivity index (χ1n) is 11.5. The van der Waals surface area contributed by atoms with Crippen LogP contribution in [-0.4, -0.2) is 45.0 Å². The van der Waals surface area contributed by atoms with E-state index in [1.54, 1.807) is 6.20 Å². The second-order valence-electron chi connectivity index (χ2n) is 9.14. The fourth-order valence-electron chi connectivity index (χ4n) is 4.35. The number of carbonyl (C=O) groups excluding carboxylic acids is 1. The maximum atomic E-state index is 13.0. The van der Waals surface area contributed by atoms with Crippen LogP contribution in [0.15, 0.2) is 35.4 Å². The number of fused-ring (bicyclic) bond motifs is 1. The third-order valence-corrected chi connectivity index (χ3v) is 6.61. The molecule has 1 fully saturated rings. The summed E-state index contributed by atoms with van der Waals surface area (Å²) in [5, 5.41) is 4.11. The Labute approximate surface area is 188 Å². The topological polar surface area (TPSA) is 83.0 Å². The Morgan fingerprint density at radius 2 is 2.03 bits per heavy atom. The summed E-state index contributed by atoms with van der Waals surface area (Å²) >= 11 is 0. The van der Waals surface area contributed by atoms with Gasteiger partial charge in [0.05, 0.1) is 0 Å². The van der Waals surface area contributed by atoms with Crippen molar-refractivity contribution in [3.05, 3.63) is 63.5 Å². The molecule has 2 N–H and O–H groups in total. The molecule has 3 aromatic rings. The van der Waals surface area contributed by atoms with E-state index in [-0.39, 0.29) is 18.0 Å². The molecule has 0 spiro atoms. The van der Waals surface area contributed by atoms with Gasteiger partial charge < -0.3 is 19.8 Å². The molecule has 7 heteroatoms. The molecule has 2 aromatic heterocycles. The summed E-state index contributed by atoms with van der Waals surface area (Å²) in [7, 11) is 0. The van der Waals surface area contributed by atoms with E-state index >= 15 is 0 Å². The van der Waals surface area contributed by atoms with Crippen LogP contribution in [0.1, 0.15) is 42.3 Å². The van der Waals surface area contributed by atoms with Crippen molar-refractivity contribution in [2.45, 2.75) is 53.1 Å². The van der Waals surface area contributed by atoms with Crippen LogP contribution in [0, 0.1) is 19.8 Å². The number of aromatic nitrogens is 3. The SMILES string of the molecule is Cc1c[nH]c2ccc(CNC(=O)Cn3c(C)cnc(CCN4CCC(C)CC4)c3=O)cc12. The van der Waals surface area contributed by atoms with Gasteiger partial charge in [0.2, 0.25) is 5.91 Å². The molecule has 1 amide bonds. The number of hydrogen-bond acceptors (Lipinski definition) is 4. The minimum absolute atomic E-state index is 0.00679. The van der Waals surface area contributed by atoms with Crippen LogP contribution in [0.25, 0.3) is 10.9 Å². The number of nitrogens with one attached hydrogen (secondary N) is 2. The first-order valence-corrected chi connectivity index (χ1v) is 11.5.